The number of hydrogen-bond donors (Lipinski definition) is 2. The van der Waals surface area contributed by atoms with Crippen molar-refractivity contribution in [2.24, 2.45) is 0 Å². The Morgan fingerprint density at radius 3 is 3.05 bits per heavy atom. The highest BCUT2D eigenvalue weighted by molar-refractivity contribution is 7.12. The molecule has 2 aromatic heterocycles. The Hall–Kier alpha value is -1.80. The van der Waals surface area contributed by atoms with Gasteiger partial charge in [0, 0.05) is 0 Å². The summed E-state index contributed by atoms with van der Waals surface area (Å²) in [6.45, 7) is 0. The van der Waals surface area contributed by atoms with Crippen LogP contribution in [0.3, 0.4) is 0 Å². The maximum absolute atomic E-state index is 12.5. The van der Waals surface area contributed by atoms with Gasteiger partial charge in [-0.3, -0.25) is 4.79 Å². The van der Waals surface area contributed by atoms with Gasteiger partial charge in [0.15, 0.2) is 0 Å². The Bertz CT molecular complexity index is 597. The van der Waals surface area contributed by atoms with Gasteiger partial charge in [-0.1, -0.05) is 19.3 Å². The summed E-state index contributed by atoms with van der Waals surface area (Å²) in [5.74, 6) is -0.179. The average molecular weight is 307 g/mol. The van der Waals surface area contributed by atoms with Crippen LogP contribution in [0, 0.1) is 0 Å². The van der Waals surface area contributed by atoms with Crippen molar-refractivity contribution in [3.05, 3.63) is 22.7 Å². The fourth-order valence-electron chi connectivity index (χ4n) is 2.61. The van der Waals surface area contributed by atoms with Crippen molar-refractivity contribution in [1.82, 2.24) is 25.5 Å². The first-order valence-electron chi connectivity index (χ1n) is 7.05. The third kappa shape index (κ3) is 3.11. The number of aliphatic hydroxyl groups excluding tert-OH is 1. The molecule has 2 atom stereocenters. The molecule has 0 aliphatic heterocycles. The van der Waals surface area contributed by atoms with Crippen LogP contribution in [0.4, 0.5) is 0 Å². The Morgan fingerprint density at radius 1 is 1.38 bits per heavy atom. The molecule has 8 heteroatoms. The van der Waals surface area contributed by atoms with Crippen LogP contribution in [0.25, 0.3) is 5.69 Å². The van der Waals surface area contributed by atoms with Gasteiger partial charge in [-0.05, 0) is 34.7 Å². The van der Waals surface area contributed by atoms with Gasteiger partial charge in [0.2, 0.25) is 0 Å². The number of thiophene rings is 1. The highest BCUT2D eigenvalue weighted by atomic mass is 32.1. The molecule has 0 bridgehead atoms. The van der Waals surface area contributed by atoms with Crippen molar-refractivity contribution in [2.45, 2.75) is 44.2 Å². The SMILES string of the molecule is O=C(NC1CCCCCC1O)c1sccc1-n1cnnn1. The summed E-state index contributed by atoms with van der Waals surface area (Å²) in [5, 5.41) is 25.9. The summed E-state index contributed by atoms with van der Waals surface area (Å²) in [6.07, 6.45) is 5.72. The molecule has 1 fully saturated rings. The molecule has 0 radical (unpaired) electrons. The number of aromatic nitrogens is 4. The van der Waals surface area contributed by atoms with Gasteiger partial charge in [-0.15, -0.1) is 16.4 Å². The minimum atomic E-state index is -0.465. The summed E-state index contributed by atoms with van der Waals surface area (Å²) in [7, 11) is 0. The van der Waals surface area contributed by atoms with Crippen LogP contribution < -0.4 is 5.32 Å². The lowest BCUT2D eigenvalue weighted by molar-refractivity contribution is 0.0822. The summed E-state index contributed by atoms with van der Waals surface area (Å²) < 4.78 is 1.47. The van der Waals surface area contributed by atoms with Crippen LogP contribution in [-0.2, 0) is 0 Å². The molecule has 3 rings (SSSR count). The molecule has 1 aliphatic carbocycles. The number of carbonyl (C=O) groups excluding carboxylic acids is 1. The number of tetrazole rings is 1. The van der Waals surface area contributed by atoms with Gasteiger partial charge in [0.05, 0.1) is 17.8 Å². The first-order chi connectivity index (χ1) is 10.3. The zero-order chi connectivity index (χ0) is 14.7. The van der Waals surface area contributed by atoms with E-state index in [4.69, 9.17) is 0 Å². The van der Waals surface area contributed by atoms with Crippen LogP contribution in [0.1, 0.15) is 41.8 Å². The molecule has 112 valence electrons. The molecule has 2 unspecified atom stereocenters. The van der Waals surface area contributed by atoms with Gasteiger partial charge in [0.25, 0.3) is 5.91 Å². The maximum Gasteiger partial charge on any atom is 0.263 e. The largest absolute Gasteiger partial charge is 0.391 e. The standard InChI is InChI=1S/C13H17N5O2S/c19-11-5-3-1-2-4-9(11)15-13(20)12-10(6-7-21-12)18-8-14-16-17-18/h6-9,11,19H,1-5H2,(H,15,20). The molecule has 1 saturated carbocycles. The topological polar surface area (TPSA) is 92.9 Å². The predicted octanol–water partition coefficient (Wildman–Crippen LogP) is 1.15. The Morgan fingerprint density at radius 2 is 2.24 bits per heavy atom. The van der Waals surface area contributed by atoms with E-state index in [0.717, 1.165) is 32.1 Å². The lowest BCUT2D eigenvalue weighted by Gasteiger charge is -2.21. The summed E-state index contributed by atoms with van der Waals surface area (Å²) in [4.78, 5) is 13.0. The average Bonchev–Trinajstić information content (AvgIpc) is 3.12. The van der Waals surface area contributed by atoms with Crippen LogP contribution in [0.5, 0.6) is 0 Å². The molecule has 0 saturated heterocycles. The molecule has 21 heavy (non-hydrogen) atoms. The summed E-state index contributed by atoms with van der Waals surface area (Å²) in [5.41, 5.74) is 0.658. The molecular formula is C13H17N5O2S. The number of aliphatic hydroxyl groups is 1. The van der Waals surface area contributed by atoms with Crippen LogP contribution >= 0.6 is 11.3 Å². The molecular weight excluding hydrogens is 290 g/mol. The van der Waals surface area contributed by atoms with E-state index in [2.05, 4.69) is 20.8 Å². The third-order valence-corrected chi connectivity index (χ3v) is 4.64. The van der Waals surface area contributed by atoms with Crippen molar-refractivity contribution in [3.63, 3.8) is 0 Å². The monoisotopic (exact) mass is 307 g/mol. The van der Waals surface area contributed by atoms with Crippen LogP contribution in [0.2, 0.25) is 0 Å². The first kappa shape index (κ1) is 14.2. The lowest BCUT2D eigenvalue weighted by Crippen LogP contribution is -2.42. The quantitative estimate of drug-likeness (QED) is 0.830. The molecule has 7 nitrogen and oxygen atoms in total. The van der Waals surface area contributed by atoms with Crippen molar-refractivity contribution in [3.8, 4) is 5.69 Å². The summed E-state index contributed by atoms with van der Waals surface area (Å²) >= 11 is 1.34. The predicted molar refractivity (Wildman–Crippen MR) is 77.4 cm³/mol. The highest BCUT2D eigenvalue weighted by Crippen LogP contribution is 2.22. The van der Waals surface area contributed by atoms with E-state index in [9.17, 15) is 9.90 Å². The van der Waals surface area contributed by atoms with E-state index in [-0.39, 0.29) is 11.9 Å². The molecule has 1 aliphatic rings. The Kier molecular flexibility index (Phi) is 4.26. The van der Waals surface area contributed by atoms with Gasteiger partial charge >= 0.3 is 0 Å². The number of amides is 1. The second-order valence-electron chi connectivity index (χ2n) is 5.17. The van der Waals surface area contributed by atoms with Crippen molar-refractivity contribution in [1.29, 1.82) is 0 Å². The van der Waals surface area contributed by atoms with Crippen molar-refractivity contribution < 1.29 is 9.90 Å². The van der Waals surface area contributed by atoms with Gasteiger partial charge in [-0.2, -0.15) is 4.68 Å². The molecule has 2 heterocycles. The van der Waals surface area contributed by atoms with Crippen molar-refractivity contribution in [2.75, 3.05) is 0 Å². The van der Waals surface area contributed by atoms with E-state index < -0.39 is 6.10 Å². The number of nitrogens with one attached hydrogen (secondary N) is 1. The Balaban J connectivity index is 1.75. The fraction of sp³-hybridized carbons (Fsp3) is 0.538. The fourth-order valence-corrected chi connectivity index (χ4v) is 3.40. The van der Waals surface area contributed by atoms with Gasteiger partial charge in [0.1, 0.15) is 11.2 Å². The van der Waals surface area contributed by atoms with Crippen LogP contribution in [-0.4, -0.2) is 43.4 Å². The van der Waals surface area contributed by atoms with E-state index >= 15 is 0 Å². The zero-order valence-corrected chi connectivity index (χ0v) is 12.3. The number of hydrogen-bond acceptors (Lipinski definition) is 6. The lowest BCUT2D eigenvalue weighted by atomic mass is 10.1. The smallest absolute Gasteiger partial charge is 0.263 e. The maximum atomic E-state index is 12.5. The molecule has 2 N–H and O–H groups in total. The molecule has 0 spiro atoms. The third-order valence-electron chi connectivity index (χ3n) is 3.74. The van der Waals surface area contributed by atoms with Crippen LogP contribution in [0.15, 0.2) is 17.8 Å². The number of rotatable bonds is 3. The molecule has 0 aromatic carbocycles. The zero-order valence-electron chi connectivity index (χ0n) is 11.5. The molecule has 1 amide bonds. The second kappa shape index (κ2) is 6.31. The van der Waals surface area contributed by atoms with E-state index in [1.165, 1.54) is 22.3 Å². The normalized spacial score (nSPS) is 22.7. The minimum absolute atomic E-state index is 0.177. The van der Waals surface area contributed by atoms with Gasteiger partial charge < -0.3 is 10.4 Å². The summed E-state index contributed by atoms with van der Waals surface area (Å²) in [6, 6.07) is 1.63. The number of carbonyl (C=O) groups is 1. The van der Waals surface area contributed by atoms with Crippen molar-refractivity contribution >= 4 is 17.2 Å². The second-order valence-corrected chi connectivity index (χ2v) is 6.09. The Labute approximate surface area is 126 Å². The van der Waals surface area contributed by atoms with E-state index in [0.29, 0.717) is 10.6 Å². The first-order valence-corrected chi connectivity index (χ1v) is 7.93. The minimum Gasteiger partial charge on any atom is -0.391 e. The molecule has 2 aromatic rings. The highest BCUT2D eigenvalue weighted by Gasteiger charge is 2.25. The number of nitrogens with zero attached hydrogens (tertiary/aromatic N) is 4. The van der Waals surface area contributed by atoms with E-state index in [1.54, 1.807) is 6.07 Å². The van der Waals surface area contributed by atoms with Gasteiger partial charge in [-0.25, -0.2) is 0 Å². The van der Waals surface area contributed by atoms with E-state index in [1.807, 2.05) is 5.38 Å².